The molecule has 1 radical (unpaired) electrons. The number of hydrogen-bond donors (Lipinski definition) is 0. The van der Waals surface area contributed by atoms with Crippen LogP contribution in [-0.4, -0.2) is 0 Å². The van der Waals surface area contributed by atoms with Crippen molar-refractivity contribution >= 4 is 32.3 Å². The third-order valence-corrected chi connectivity index (χ3v) is 3.66. The van der Waals surface area contributed by atoms with Gasteiger partial charge in [0.05, 0.1) is 0 Å². The Morgan fingerprint density at radius 3 is 2.41 bits per heavy atom. The fourth-order valence-corrected chi connectivity index (χ4v) is 2.80. The summed E-state index contributed by atoms with van der Waals surface area (Å²) in [6.45, 7) is 2.18. The van der Waals surface area contributed by atoms with Crippen LogP contribution in [0.25, 0.3) is 32.3 Å². The number of aryl methyl sites for hydroxylation is 1. The molecular weight excluding hydrogens is 204 g/mol. The highest BCUT2D eigenvalue weighted by Gasteiger charge is 2.08. The van der Waals surface area contributed by atoms with Gasteiger partial charge < -0.3 is 0 Å². The van der Waals surface area contributed by atoms with E-state index in [2.05, 4.69) is 55.5 Å². The molecule has 0 saturated carbocycles. The minimum atomic E-state index is 1.21. The minimum absolute atomic E-state index is 1.21. The molecule has 0 aromatic heterocycles. The predicted molar refractivity (Wildman–Crippen MR) is 73.7 cm³/mol. The van der Waals surface area contributed by atoms with E-state index in [1.807, 2.05) is 6.07 Å². The van der Waals surface area contributed by atoms with Crippen LogP contribution in [0.5, 0.6) is 0 Å². The zero-order valence-corrected chi connectivity index (χ0v) is 9.62. The molecule has 0 aliphatic carbocycles. The first-order chi connectivity index (χ1) is 8.34. The zero-order chi connectivity index (χ0) is 11.4. The van der Waals surface area contributed by atoms with E-state index in [-0.39, 0.29) is 0 Å². The molecule has 0 nitrogen and oxygen atoms in total. The topological polar surface area (TPSA) is 0 Å². The Kier molecular flexibility index (Phi) is 1.58. The summed E-state index contributed by atoms with van der Waals surface area (Å²) in [5.41, 5.74) is 1.34. The van der Waals surface area contributed by atoms with Crippen LogP contribution in [0.3, 0.4) is 0 Å². The van der Waals surface area contributed by atoms with E-state index < -0.39 is 0 Å². The summed E-state index contributed by atoms with van der Waals surface area (Å²) in [4.78, 5) is 0. The molecule has 0 amide bonds. The SMILES string of the molecule is Cc1ccc2ccc3cc[c]c4ccc1c2c43. The summed E-state index contributed by atoms with van der Waals surface area (Å²) in [6.07, 6.45) is 0. The van der Waals surface area contributed by atoms with Crippen molar-refractivity contribution in [3.63, 3.8) is 0 Å². The quantitative estimate of drug-likeness (QED) is 0.373. The fourth-order valence-electron chi connectivity index (χ4n) is 2.80. The molecule has 0 heterocycles. The average molecular weight is 215 g/mol. The van der Waals surface area contributed by atoms with E-state index in [0.717, 1.165) is 0 Å². The van der Waals surface area contributed by atoms with Crippen molar-refractivity contribution < 1.29 is 0 Å². The van der Waals surface area contributed by atoms with Crippen LogP contribution in [0.2, 0.25) is 0 Å². The van der Waals surface area contributed by atoms with Crippen LogP contribution in [0, 0.1) is 13.0 Å². The standard InChI is InChI=1S/C17H11/c1-11-5-6-14-8-7-12-3-2-4-13-9-10-15(11)17(14)16(12)13/h2-3,5-10H,1H3. The first-order valence-electron chi connectivity index (χ1n) is 5.89. The molecule has 4 aromatic carbocycles. The van der Waals surface area contributed by atoms with Crippen LogP contribution in [0.15, 0.2) is 48.5 Å². The lowest BCUT2D eigenvalue weighted by molar-refractivity contribution is 1.55. The maximum absolute atomic E-state index is 3.33. The molecule has 0 aliphatic heterocycles. The molecule has 0 spiro atoms. The van der Waals surface area contributed by atoms with E-state index in [4.69, 9.17) is 0 Å². The number of benzene rings is 4. The van der Waals surface area contributed by atoms with Gasteiger partial charge >= 0.3 is 0 Å². The van der Waals surface area contributed by atoms with Gasteiger partial charge in [-0.25, -0.2) is 0 Å². The Hall–Kier alpha value is -2.08. The lowest BCUT2D eigenvalue weighted by Crippen LogP contribution is -1.85. The smallest absolute Gasteiger partial charge is 0.00205 e. The molecule has 0 aliphatic rings. The second-order valence-electron chi connectivity index (χ2n) is 4.65. The summed E-state index contributed by atoms with van der Waals surface area (Å²) in [5.74, 6) is 0. The monoisotopic (exact) mass is 215 g/mol. The molecular formula is C17H11. The van der Waals surface area contributed by atoms with Gasteiger partial charge in [-0.15, -0.1) is 0 Å². The van der Waals surface area contributed by atoms with Crippen molar-refractivity contribution in [2.45, 2.75) is 6.92 Å². The van der Waals surface area contributed by atoms with Gasteiger partial charge in [0.25, 0.3) is 0 Å². The van der Waals surface area contributed by atoms with E-state index in [0.29, 0.717) is 0 Å². The molecule has 0 unspecified atom stereocenters. The second-order valence-corrected chi connectivity index (χ2v) is 4.65. The minimum Gasteiger partial charge on any atom is -0.0581 e. The lowest BCUT2D eigenvalue weighted by Gasteiger charge is -2.11. The Morgan fingerprint density at radius 2 is 1.53 bits per heavy atom. The van der Waals surface area contributed by atoms with Gasteiger partial charge in [0, 0.05) is 0 Å². The van der Waals surface area contributed by atoms with Gasteiger partial charge in [0.1, 0.15) is 0 Å². The van der Waals surface area contributed by atoms with Crippen molar-refractivity contribution in [1.82, 2.24) is 0 Å². The molecule has 0 bridgehead atoms. The normalized spacial score (nSPS) is 11.8. The Bertz CT molecular complexity index is 824. The Labute approximate surface area is 99.8 Å². The first kappa shape index (κ1) is 9.00. The summed E-state index contributed by atoms with van der Waals surface area (Å²) < 4.78 is 0. The summed E-state index contributed by atoms with van der Waals surface area (Å²) in [6, 6.07) is 20.7. The van der Waals surface area contributed by atoms with Crippen molar-refractivity contribution in [3.8, 4) is 0 Å². The van der Waals surface area contributed by atoms with Crippen LogP contribution in [-0.2, 0) is 0 Å². The van der Waals surface area contributed by atoms with Crippen molar-refractivity contribution in [3.05, 3.63) is 60.2 Å². The number of hydrogen-bond acceptors (Lipinski definition) is 0. The summed E-state index contributed by atoms with van der Waals surface area (Å²) in [7, 11) is 0. The van der Waals surface area contributed by atoms with Crippen LogP contribution in [0.1, 0.15) is 5.56 Å². The van der Waals surface area contributed by atoms with Gasteiger partial charge in [-0.3, -0.25) is 0 Å². The molecule has 0 heteroatoms. The maximum Gasteiger partial charge on any atom is -0.00205 e. The summed E-state index contributed by atoms with van der Waals surface area (Å²) in [5, 5.41) is 7.94. The molecule has 4 aromatic rings. The Morgan fingerprint density at radius 1 is 0.765 bits per heavy atom. The third-order valence-electron chi connectivity index (χ3n) is 3.66. The fraction of sp³-hybridized carbons (Fsp3) is 0.0588. The van der Waals surface area contributed by atoms with Gasteiger partial charge in [-0.2, -0.15) is 0 Å². The highest BCUT2D eigenvalue weighted by molar-refractivity contribution is 6.23. The van der Waals surface area contributed by atoms with Gasteiger partial charge in [0.2, 0.25) is 0 Å². The van der Waals surface area contributed by atoms with Crippen LogP contribution >= 0.6 is 0 Å². The summed E-state index contributed by atoms with van der Waals surface area (Å²) >= 11 is 0. The van der Waals surface area contributed by atoms with Crippen LogP contribution in [0.4, 0.5) is 0 Å². The average Bonchev–Trinajstić information content (AvgIpc) is 2.38. The molecule has 0 saturated heterocycles. The van der Waals surface area contributed by atoms with Crippen molar-refractivity contribution in [2.75, 3.05) is 0 Å². The number of rotatable bonds is 0. The first-order valence-corrected chi connectivity index (χ1v) is 5.89. The van der Waals surface area contributed by atoms with E-state index in [1.54, 1.807) is 0 Å². The van der Waals surface area contributed by atoms with Crippen molar-refractivity contribution in [2.24, 2.45) is 0 Å². The van der Waals surface area contributed by atoms with Gasteiger partial charge in [-0.1, -0.05) is 48.5 Å². The van der Waals surface area contributed by atoms with E-state index in [9.17, 15) is 0 Å². The molecule has 17 heavy (non-hydrogen) atoms. The van der Waals surface area contributed by atoms with E-state index >= 15 is 0 Å². The lowest BCUT2D eigenvalue weighted by atomic mass is 9.92. The second kappa shape index (κ2) is 2.98. The Balaban J connectivity index is 2.48. The molecule has 0 atom stereocenters. The highest BCUT2D eigenvalue weighted by Crippen LogP contribution is 2.35. The largest absolute Gasteiger partial charge is 0.0581 e. The van der Waals surface area contributed by atoms with Crippen molar-refractivity contribution in [1.29, 1.82) is 0 Å². The molecule has 4 rings (SSSR count). The van der Waals surface area contributed by atoms with Gasteiger partial charge in [0.15, 0.2) is 0 Å². The highest BCUT2D eigenvalue weighted by atomic mass is 14.1. The van der Waals surface area contributed by atoms with E-state index in [1.165, 1.54) is 37.9 Å². The van der Waals surface area contributed by atoms with Crippen LogP contribution < -0.4 is 0 Å². The maximum atomic E-state index is 3.33. The molecule has 0 N–H and O–H groups in total. The third kappa shape index (κ3) is 1.07. The molecule has 0 fully saturated rings. The molecule has 79 valence electrons. The van der Waals surface area contributed by atoms with Gasteiger partial charge in [-0.05, 0) is 50.9 Å². The predicted octanol–water partition coefficient (Wildman–Crippen LogP) is 4.69. The zero-order valence-electron chi connectivity index (χ0n) is 9.62.